The lowest BCUT2D eigenvalue weighted by Gasteiger charge is -2.20. The van der Waals surface area contributed by atoms with Gasteiger partial charge in [0.05, 0.1) is 10.0 Å². The second kappa shape index (κ2) is 8.84. The molecule has 0 bridgehead atoms. The highest BCUT2D eigenvalue weighted by Gasteiger charge is 2.10. The number of benzene rings is 1. The fraction of sp³-hybridized carbons (Fsp3) is 0.625. The number of rotatable bonds is 8. The van der Waals surface area contributed by atoms with Crippen molar-refractivity contribution in [3.8, 4) is 0 Å². The van der Waals surface area contributed by atoms with Crippen LogP contribution in [0.25, 0.3) is 0 Å². The van der Waals surface area contributed by atoms with Crippen molar-refractivity contribution in [2.45, 2.75) is 52.5 Å². The summed E-state index contributed by atoms with van der Waals surface area (Å²) in [5, 5.41) is 4.92. The highest BCUT2D eigenvalue weighted by molar-refractivity contribution is 6.42. The molecular formula is C16H25Cl2N. The third-order valence-corrected chi connectivity index (χ3v) is 3.94. The van der Waals surface area contributed by atoms with E-state index in [2.05, 4.69) is 32.2 Å². The molecule has 0 aliphatic heterocycles. The van der Waals surface area contributed by atoms with Crippen molar-refractivity contribution < 1.29 is 0 Å². The molecule has 1 rings (SSSR count). The second-order valence-corrected chi connectivity index (χ2v) is 6.38. The Morgan fingerprint density at radius 2 is 1.89 bits per heavy atom. The Kier molecular flexibility index (Phi) is 7.82. The number of nitrogens with one attached hydrogen (secondary N) is 1. The van der Waals surface area contributed by atoms with Gasteiger partial charge >= 0.3 is 0 Å². The van der Waals surface area contributed by atoms with Crippen LogP contribution in [0.3, 0.4) is 0 Å². The molecule has 0 aliphatic carbocycles. The Morgan fingerprint density at radius 3 is 2.47 bits per heavy atom. The predicted molar refractivity (Wildman–Crippen MR) is 86.3 cm³/mol. The van der Waals surface area contributed by atoms with E-state index in [0.717, 1.165) is 25.3 Å². The minimum absolute atomic E-state index is 0.592. The third kappa shape index (κ3) is 6.65. The van der Waals surface area contributed by atoms with Gasteiger partial charge in [-0.05, 0) is 55.8 Å². The Bertz CT molecular complexity index is 377. The smallest absolute Gasteiger partial charge is 0.0595 e. The highest BCUT2D eigenvalue weighted by Crippen LogP contribution is 2.23. The van der Waals surface area contributed by atoms with Crippen molar-refractivity contribution in [3.05, 3.63) is 33.8 Å². The van der Waals surface area contributed by atoms with Crippen molar-refractivity contribution >= 4 is 23.2 Å². The minimum Gasteiger partial charge on any atom is -0.314 e. The van der Waals surface area contributed by atoms with Gasteiger partial charge in [-0.1, -0.05) is 50.0 Å². The van der Waals surface area contributed by atoms with E-state index >= 15 is 0 Å². The van der Waals surface area contributed by atoms with Crippen LogP contribution in [0, 0.1) is 5.92 Å². The third-order valence-electron chi connectivity index (χ3n) is 3.20. The molecule has 3 heteroatoms. The van der Waals surface area contributed by atoms with Gasteiger partial charge in [0.15, 0.2) is 0 Å². The first-order valence-electron chi connectivity index (χ1n) is 7.20. The summed E-state index contributed by atoms with van der Waals surface area (Å²) < 4.78 is 0. The standard InChI is InChI=1S/C16H25Cl2N/c1-4-9-19-14(10-12(2)3)7-5-13-6-8-15(17)16(18)11-13/h6,8,11-12,14,19H,4-5,7,9-10H2,1-3H3. The molecule has 1 unspecified atom stereocenters. The van der Waals surface area contributed by atoms with Crippen LogP contribution >= 0.6 is 23.2 Å². The van der Waals surface area contributed by atoms with Gasteiger partial charge in [0.1, 0.15) is 0 Å². The first-order chi connectivity index (χ1) is 9.02. The maximum absolute atomic E-state index is 6.05. The van der Waals surface area contributed by atoms with E-state index in [0.29, 0.717) is 16.1 Å². The average Bonchev–Trinajstić information content (AvgIpc) is 2.36. The summed E-state index contributed by atoms with van der Waals surface area (Å²) in [5.74, 6) is 0.725. The predicted octanol–water partition coefficient (Wildman–Crippen LogP) is 5.34. The molecule has 0 radical (unpaired) electrons. The van der Waals surface area contributed by atoms with Crippen molar-refractivity contribution in [2.24, 2.45) is 5.92 Å². The fourth-order valence-electron chi connectivity index (χ4n) is 2.26. The summed E-state index contributed by atoms with van der Waals surface area (Å²) in [4.78, 5) is 0. The lowest BCUT2D eigenvalue weighted by atomic mass is 9.97. The van der Waals surface area contributed by atoms with Crippen molar-refractivity contribution in [1.82, 2.24) is 5.32 Å². The van der Waals surface area contributed by atoms with Gasteiger partial charge < -0.3 is 5.32 Å². The van der Waals surface area contributed by atoms with Gasteiger partial charge in [0.25, 0.3) is 0 Å². The maximum atomic E-state index is 6.05. The second-order valence-electron chi connectivity index (χ2n) is 5.57. The lowest BCUT2D eigenvalue weighted by molar-refractivity contribution is 0.398. The van der Waals surface area contributed by atoms with Crippen molar-refractivity contribution in [1.29, 1.82) is 0 Å². The fourth-order valence-corrected chi connectivity index (χ4v) is 2.58. The summed E-state index contributed by atoms with van der Waals surface area (Å²) in [6.07, 6.45) is 4.60. The monoisotopic (exact) mass is 301 g/mol. The van der Waals surface area contributed by atoms with E-state index in [1.807, 2.05) is 12.1 Å². The molecule has 1 atom stereocenters. The SMILES string of the molecule is CCCNC(CCc1ccc(Cl)c(Cl)c1)CC(C)C. The number of aryl methyl sites for hydroxylation is 1. The Morgan fingerprint density at radius 1 is 1.16 bits per heavy atom. The molecule has 0 fully saturated rings. The van der Waals surface area contributed by atoms with Crippen LogP contribution in [0.5, 0.6) is 0 Å². The van der Waals surface area contributed by atoms with Crippen LogP contribution in [-0.4, -0.2) is 12.6 Å². The summed E-state index contributed by atoms with van der Waals surface area (Å²) in [6.45, 7) is 7.86. The quantitative estimate of drug-likeness (QED) is 0.683. The molecule has 1 nitrogen and oxygen atoms in total. The van der Waals surface area contributed by atoms with E-state index in [1.54, 1.807) is 0 Å². The van der Waals surface area contributed by atoms with E-state index in [9.17, 15) is 0 Å². The van der Waals surface area contributed by atoms with Crippen molar-refractivity contribution in [2.75, 3.05) is 6.54 Å². The Labute approximate surface area is 127 Å². The lowest BCUT2D eigenvalue weighted by Crippen LogP contribution is -2.31. The van der Waals surface area contributed by atoms with E-state index in [-0.39, 0.29) is 0 Å². The van der Waals surface area contributed by atoms with Gasteiger partial charge in [-0.2, -0.15) is 0 Å². The minimum atomic E-state index is 0.592. The van der Waals surface area contributed by atoms with E-state index < -0.39 is 0 Å². The molecule has 108 valence electrons. The average molecular weight is 302 g/mol. The number of halogens is 2. The Hall–Kier alpha value is -0.240. The van der Waals surface area contributed by atoms with E-state index in [4.69, 9.17) is 23.2 Å². The van der Waals surface area contributed by atoms with Crippen LogP contribution in [0.1, 0.15) is 45.6 Å². The largest absolute Gasteiger partial charge is 0.314 e. The first-order valence-corrected chi connectivity index (χ1v) is 7.95. The van der Waals surface area contributed by atoms with Crippen LogP contribution in [0.2, 0.25) is 10.0 Å². The van der Waals surface area contributed by atoms with Crippen LogP contribution in [0.15, 0.2) is 18.2 Å². The normalized spacial score (nSPS) is 12.9. The molecule has 0 spiro atoms. The van der Waals surface area contributed by atoms with Gasteiger partial charge in [0.2, 0.25) is 0 Å². The van der Waals surface area contributed by atoms with Crippen LogP contribution in [0.4, 0.5) is 0 Å². The zero-order valence-electron chi connectivity index (χ0n) is 12.2. The summed E-state index contributed by atoms with van der Waals surface area (Å²) in [7, 11) is 0. The summed E-state index contributed by atoms with van der Waals surface area (Å²) >= 11 is 12.0. The van der Waals surface area contributed by atoms with Gasteiger partial charge in [0, 0.05) is 6.04 Å². The molecule has 0 saturated heterocycles. The molecule has 0 heterocycles. The first kappa shape index (κ1) is 16.8. The molecular weight excluding hydrogens is 277 g/mol. The van der Waals surface area contributed by atoms with Gasteiger partial charge in [-0.15, -0.1) is 0 Å². The topological polar surface area (TPSA) is 12.0 Å². The zero-order chi connectivity index (χ0) is 14.3. The Balaban J connectivity index is 2.51. The maximum Gasteiger partial charge on any atom is 0.0595 e. The molecule has 1 N–H and O–H groups in total. The van der Waals surface area contributed by atoms with Gasteiger partial charge in [-0.3, -0.25) is 0 Å². The number of hydrogen-bond acceptors (Lipinski definition) is 1. The van der Waals surface area contributed by atoms with E-state index in [1.165, 1.54) is 18.4 Å². The molecule has 0 amide bonds. The van der Waals surface area contributed by atoms with Crippen molar-refractivity contribution in [3.63, 3.8) is 0 Å². The number of hydrogen-bond donors (Lipinski definition) is 1. The van der Waals surface area contributed by atoms with Gasteiger partial charge in [-0.25, -0.2) is 0 Å². The highest BCUT2D eigenvalue weighted by atomic mass is 35.5. The zero-order valence-corrected chi connectivity index (χ0v) is 13.7. The summed E-state index contributed by atoms with van der Waals surface area (Å²) in [5.41, 5.74) is 1.27. The molecule has 1 aromatic rings. The van der Waals surface area contributed by atoms with Crippen LogP contribution in [-0.2, 0) is 6.42 Å². The molecule has 0 saturated carbocycles. The summed E-state index contributed by atoms with van der Waals surface area (Å²) in [6, 6.07) is 6.53. The molecule has 0 aromatic heterocycles. The molecule has 0 aliphatic rings. The molecule has 1 aromatic carbocycles. The molecule has 19 heavy (non-hydrogen) atoms. The van der Waals surface area contributed by atoms with Crippen LogP contribution < -0.4 is 5.32 Å².